The first-order valence-corrected chi connectivity index (χ1v) is 10.9. The minimum atomic E-state index is 0.0617. The van der Waals surface area contributed by atoms with Gasteiger partial charge in [-0.05, 0) is 69.8 Å². The second-order valence-corrected chi connectivity index (χ2v) is 8.39. The molecule has 0 aliphatic carbocycles. The van der Waals surface area contributed by atoms with Crippen LogP contribution in [-0.2, 0) is 24.3 Å². The minimum Gasteiger partial charge on any atom is -0.352 e. The third-order valence-corrected chi connectivity index (χ3v) is 6.01. The lowest BCUT2D eigenvalue weighted by atomic mass is 10.1. The number of hydrogen-bond acceptors (Lipinski definition) is 4. The number of nitrogens with zero attached hydrogens (tertiary/aromatic N) is 4. The zero-order chi connectivity index (χ0) is 21.1. The maximum Gasteiger partial charge on any atom is 0.220 e. The SMILES string of the molecule is Cc1cc2nc(C)c(CCC(=O)NCc3ccc(CN4CCCC4)cc3)c(C)n2n1. The highest BCUT2D eigenvalue weighted by molar-refractivity contribution is 5.76. The summed E-state index contributed by atoms with van der Waals surface area (Å²) in [4.78, 5) is 19.6. The smallest absolute Gasteiger partial charge is 0.220 e. The molecule has 158 valence electrons. The topological polar surface area (TPSA) is 62.5 Å². The maximum atomic E-state index is 12.4. The first-order chi connectivity index (χ1) is 14.5. The second kappa shape index (κ2) is 8.96. The first-order valence-electron chi connectivity index (χ1n) is 10.9. The average Bonchev–Trinajstić information content (AvgIpc) is 3.36. The van der Waals surface area contributed by atoms with Crippen LogP contribution in [-0.4, -0.2) is 38.5 Å². The van der Waals surface area contributed by atoms with Gasteiger partial charge in [0.25, 0.3) is 0 Å². The lowest BCUT2D eigenvalue weighted by molar-refractivity contribution is -0.121. The fourth-order valence-electron chi connectivity index (χ4n) is 4.29. The van der Waals surface area contributed by atoms with Crippen LogP contribution in [0.3, 0.4) is 0 Å². The molecule has 3 heterocycles. The van der Waals surface area contributed by atoms with Crippen molar-refractivity contribution >= 4 is 11.6 Å². The molecule has 0 bridgehead atoms. The fourth-order valence-corrected chi connectivity index (χ4v) is 4.29. The van der Waals surface area contributed by atoms with Crippen LogP contribution in [0.25, 0.3) is 5.65 Å². The zero-order valence-electron chi connectivity index (χ0n) is 18.2. The Morgan fingerprint density at radius 2 is 1.77 bits per heavy atom. The minimum absolute atomic E-state index is 0.0617. The van der Waals surface area contributed by atoms with Gasteiger partial charge in [-0.3, -0.25) is 9.69 Å². The van der Waals surface area contributed by atoms with Gasteiger partial charge in [-0.15, -0.1) is 0 Å². The summed E-state index contributed by atoms with van der Waals surface area (Å²) in [7, 11) is 0. The second-order valence-electron chi connectivity index (χ2n) is 8.39. The lowest BCUT2D eigenvalue weighted by Crippen LogP contribution is -2.23. The molecule has 0 spiro atoms. The average molecular weight is 406 g/mol. The third-order valence-electron chi connectivity index (χ3n) is 6.01. The molecule has 1 aromatic carbocycles. The van der Waals surface area contributed by atoms with Crippen LogP contribution in [0.2, 0.25) is 0 Å². The van der Waals surface area contributed by atoms with Crippen molar-refractivity contribution in [2.24, 2.45) is 0 Å². The summed E-state index contributed by atoms with van der Waals surface area (Å²) in [5.74, 6) is 0.0617. The Kier molecular flexibility index (Phi) is 6.13. The van der Waals surface area contributed by atoms with Crippen molar-refractivity contribution in [3.8, 4) is 0 Å². The van der Waals surface area contributed by atoms with Crippen molar-refractivity contribution < 1.29 is 4.79 Å². The van der Waals surface area contributed by atoms with Gasteiger partial charge in [0.05, 0.1) is 5.69 Å². The van der Waals surface area contributed by atoms with Crippen LogP contribution in [0, 0.1) is 20.8 Å². The van der Waals surface area contributed by atoms with Crippen LogP contribution in [0.15, 0.2) is 30.3 Å². The summed E-state index contributed by atoms with van der Waals surface area (Å²) in [5.41, 5.74) is 7.43. The molecule has 6 heteroatoms. The van der Waals surface area contributed by atoms with Crippen molar-refractivity contribution in [1.82, 2.24) is 24.8 Å². The Morgan fingerprint density at radius 3 is 2.50 bits per heavy atom. The number of likely N-dealkylation sites (tertiary alicyclic amines) is 1. The van der Waals surface area contributed by atoms with Gasteiger partial charge in [0.2, 0.25) is 5.91 Å². The third kappa shape index (κ3) is 4.70. The summed E-state index contributed by atoms with van der Waals surface area (Å²) in [5, 5.41) is 7.56. The molecule has 1 aliphatic heterocycles. The highest BCUT2D eigenvalue weighted by atomic mass is 16.1. The number of carbonyl (C=O) groups is 1. The molecule has 1 aliphatic rings. The fraction of sp³-hybridized carbons (Fsp3) is 0.458. The molecule has 1 N–H and O–H groups in total. The van der Waals surface area contributed by atoms with Gasteiger partial charge in [0, 0.05) is 37.0 Å². The molecule has 0 radical (unpaired) electrons. The Hall–Kier alpha value is -2.73. The Morgan fingerprint density at radius 1 is 1.07 bits per heavy atom. The molecule has 1 fully saturated rings. The standard InChI is InChI=1S/C24H31N5O/c1-17-14-23-26-18(2)22(19(3)29(23)27-17)10-11-24(30)25-15-20-6-8-21(9-7-20)16-28-12-4-5-13-28/h6-9,14H,4-5,10-13,15-16H2,1-3H3,(H,25,30). The maximum absolute atomic E-state index is 12.4. The summed E-state index contributed by atoms with van der Waals surface area (Å²) >= 11 is 0. The highest BCUT2D eigenvalue weighted by Crippen LogP contribution is 2.17. The van der Waals surface area contributed by atoms with Gasteiger partial charge >= 0.3 is 0 Å². The van der Waals surface area contributed by atoms with Gasteiger partial charge in [-0.25, -0.2) is 9.50 Å². The Balaban J connectivity index is 1.29. The monoisotopic (exact) mass is 405 g/mol. The van der Waals surface area contributed by atoms with Gasteiger partial charge in [0.15, 0.2) is 5.65 Å². The van der Waals surface area contributed by atoms with Crippen molar-refractivity contribution in [3.63, 3.8) is 0 Å². The van der Waals surface area contributed by atoms with Crippen molar-refractivity contribution in [2.45, 2.75) is 59.5 Å². The molecular weight excluding hydrogens is 374 g/mol. The van der Waals surface area contributed by atoms with E-state index in [4.69, 9.17) is 0 Å². The first kappa shape index (κ1) is 20.5. The molecular formula is C24H31N5O. The summed E-state index contributed by atoms with van der Waals surface area (Å²) < 4.78 is 1.87. The molecule has 0 saturated carbocycles. The van der Waals surface area contributed by atoms with Gasteiger partial charge in [-0.1, -0.05) is 24.3 Å². The quantitative estimate of drug-likeness (QED) is 0.654. The van der Waals surface area contributed by atoms with Crippen molar-refractivity contribution in [1.29, 1.82) is 0 Å². The predicted molar refractivity (Wildman–Crippen MR) is 118 cm³/mol. The van der Waals surface area contributed by atoms with E-state index in [9.17, 15) is 4.79 Å². The van der Waals surface area contributed by atoms with E-state index in [0.717, 1.165) is 40.4 Å². The van der Waals surface area contributed by atoms with Crippen LogP contribution in [0.5, 0.6) is 0 Å². The molecule has 30 heavy (non-hydrogen) atoms. The van der Waals surface area contributed by atoms with Gasteiger partial charge in [-0.2, -0.15) is 5.10 Å². The molecule has 1 amide bonds. The lowest BCUT2D eigenvalue weighted by Gasteiger charge is -2.15. The zero-order valence-corrected chi connectivity index (χ0v) is 18.2. The van der Waals surface area contributed by atoms with E-state index in [1.54, 1.807) is 0 Å². The number of carbonyl (C=O) groups excluding carboxylic acids is 1. The summed E-state index contributed by atoms with van der Waals surface area (Å²) in [6, 6.07) is 10.6. The van der Waals surface area contributed by atoms with E-state index in [0.29, 0.717) is 19.4 Å². The van der Waals surface area contributed by atoms with E-state index in [1.807, 2.05) is 31.4 Å². The number of nitrogens with one attached hydrogen (secondary N) is 1. The van der Waals surface area contributed by atoms with Crippen molar-refractivity contribution in [2.75, 3.05) is 13.1 Å². The molecule has 2 aromatic heterocycles. The number of aromatic nitrogens is 3. The number of hydrogen-bond donors (Lipinski definition) is 1. The van der Waals surface area contributed by atoms with E-state index in [-0.39, 0.29) is 5.91 Å². The van der Waals surface area contributed by atoms with E-state index in [2.05, 4.69) is 44.6 Å². The Bertz CT molecular complexity index is 1030. The van der Waals surface area contributed by atoms with Gasteiger partial charge < -0.3 is 5.32 Å². The van der Waals surface area contributed by atoms with Crippen LogP contribution >= 0.6 is 0 Å². The number of rotatable bonds is 7. The number of amides is 1. The van der Waals surface area contributed by atoms with Crippen LogP contribution < -0.4 is 5.32 Å². The van der Waals surface area contributed by atoms with E-state index in [1.165, 1.54) is 31.5 Å². The van der Waals surface area contributed by atoms with Crippen LogP contribution in [0.1, 0.15) is 53.0 Å². The van der Waals surface area contributed by atoms with E-state index < -0.39 is 0 Å². The number of aryl methyl sites for hydroxylation is 3. The largest absolute Gasteiger partial charge is 0.352 e. The van der Waals surface area contributed by atoms with E-state index >= 15 is 0 Å². The summed E-state index contributed by atoms with van der Waals surface area (Å²) in [6.07, 6.45) is 3.74. The number of fused-ring (bicyclic) bond motifs is 1. The van der Waals surface area contributed by atoms with Crippen LogP contribution in [0.4, 0.5) is 0 Å². The normalized spacial score (nSPS) is 14.5. The molecule has 3 aromatic rings. The molecule has 0 atom stereocenters. The van der Waals surface area contributed by atoms with Gasteiger partial charge in [0.1, 0.15) is 0 Å². The van der Waals surface area contributed by atoms with Crippen molar-refractivity contribution in [3.05, 3.63) is 64.1 Å². The highest BCUT2D eigenvalue weighted by Gasteiger charge is 2.13. The number of benzene rings is 1. The molecule has 0 unspecified atom stereocenters. The predicted octanol–water partition coefficient (Wildman–Crippen LogP) is 3.50. The molecule has 4 rings (SSSR count). The summed E-state index contributed by atoms with van der Waals surface area (Å²) in [6.45, 7) is 10.0. The Labute approximate surface area is 178 Å². The molecule has 1 saturated heterocycles. The molecule has 6 nitrogen and oxygen atoms in total.